The molecule has 1 saturated heterocycles. The first kappa shape index (κ1) is 21.5. The Hall–Kier alpha value is -2.71. The van der Waals surface area contributed by atoms with Gasteiger partial charge in [-0.05, 0) is 42.7 Å². The minimum atomic E-state index is -0.335. The molecule has 1 fully saturated rings. The highest BCUT2D eigenvalue weighted by Gasteiger charge is 2.33. The van der Waals surface area contributed by atoms with Gasteiger partial charge < -0.3 is 19.3 Å². The Balaban J connectivity index is 1.78. The molecule has 0 saturated carbocycles. The summed E-state index contributed by atoms with van der Waals surface area (Å²) in [7, 11) is 0. The highest BCUT2D eigenvalue weighted by molar-refractivity contribution is 6.29. The fourth-order valence-corrected chi connectivity index (χ4v) is 3.95. The summed E-state index contributed by atoms with van der Waals surface area (Å²) in [4.78, 5) is 33.6. The van der Waals surface area contributed by atoms with E-state index in [4.69, 9.17) is 21.1 Å². The second-order valence-electron chi connectivity index (χ2n) is 7.59. The number of aromatic nitrogens is 1. The summed E-state index contributed by atoms with van der Waals surface area (Å²) < 4.78 is 24.5. The van der Waals surface area contributed by atoms with Crippen LogP contribution in [0.1, 0.15) is 28.5 Å². The molecule has 1 unspecified atom stereocenters. The number of hydrogen-bond acceptors (Lipinski definition) is 5. The lowest BCUT2D eigenvalue weighted by Crippen LogP contribution is -2.46. The van der Waals surface area contributed by atoms with Crippen LogP contribution in [-0.4, -0.2) is 66.5 Å². The van der Waals surface area contributed by atoms with E-state index in [2.05, 4.69) is 4.98 Å². The summed E-state index contributed by atoms with van der Waals surface area (Å²) in [6.07, 6.45) is 0.350. The first-order valence-corrected chi connectivity index (χ1v) is 10.7. The number of carbonyl (C=O) groups is 2. The third-order valence-electron chi connectivity index (χ3n) is 5.40. The number of alkyl halides is 1. The van der Waals surface area contributed by atoms with Gasteiger partial charge in [-0.1, -0.05) is 12.1 Å². The number of anilines is 1. The first-order chi connectivity index (χ1) is 15.0. The van der Waals surface area contributed by atoms with Gasteiger partial charge >= 0.3 is 0 Å². The number of ether oxygens (including phenoxy) is 2. The Morgan fingerprint density at radius 3 is 2.61 bits per heavy atom. The Kier molecular flexibility index (Phi) is 6.38. The monoisotopic (exact) mass is 447 g/mol. The Morgan fingerprint density at radius 1 is 1.23 bits per heavy atom. The largest absolute Gasteiger partial charge is 0.474 e. The number of benzene rings is 1. The smallest absolute Gasteiger partial charge is 0.273 e. The van der Waals surface area contributed by atoms with E-state index in [1.54, 1.807) is 28.0 Å². The minimum Gasteiger partial charge on any atom is -0.474 e. The number of rotatable bonds is 4. The van der Waals surface area contributed by atoms with Crippen LogP contribution >= 0.6 is 11.6 Å². The van der Waals surface area contributed by atoms with Crippen molar-refractivity contribution in [1.29, 1.82) is 0 Å². The van der Waals surface area contributed by atoms with Gasteiger partial charge in [-0.25, -0.2) is 9.37 Å². The van der Waals surface area contributed by atoms with Crippen LogP contribution in [0.4, 0.5) is 10.1 Å². The van der Waals surface area contributed by atoms with Crippen LogP contribution < -0.4 is 9.64 Å². The van der Waals surface area contributed by atoms with Gasteiger partial charge in [0.05, 0.1) is 19.3 Å². The molecule has 31 heavy (non-hydrogen) atoms. The molecule has 2 amide bonds. The molecule has 0 aliphatic carbocycles. The molecule has 3 heterocycles. The molecule has 2 aliphatic heterocycles. The molecule has 164 valence electrons. The Morgan fingerprint density at radius 2 is 1.94 bits per heavy atom. The quantitative estimate of drug-likeness (QED) is 0.674. The molecule has 4 rings (SSSR count). The maximum Gasteiger partial charge on any atom is 0.273 e. The van der Waals surface area contributed by atoms with Crippen LogP contribution in [0.15, 0.2) is 30.3 Å². The lowest BCUT2D eigenvalue weighted by molar-refractivity contribution is -0.117. The molecular formula is C22H23ClFN3O4. The molecule has 1 atom stereocenters. The second kappa shape index (κ2) is 9.20. The van der Waals surface area contributed by atoms with Gasteiger partial charge in [0, 0.05) is 13.1 Å². The standard InChI is InChI=1S/C22H23ClFN3O4/c1-14-13-31-21-18(27(14)19(28)12-23)11-16(10-15-2-4-17(24)5-3-15)20(25-21)22(29)26-6-8-30-9-7-26/h2-5,11,14H,6-10,12-13H2,1H3. The molecule has 0 bridgehead atoms. The summed E-state index contributed by atoms with van der Waals surface area (Å²) in [6, 6.07) is 7.62. The zero-order chi connectivity index (χ0) is 22.0. The molecular weight excluding hydrogens is 425 g/mol. The van der Waals surface area contributed by atoms with Crippen LogP contribution in [0.2, 0.25) is 0 Å². The highest BCUT2D eigenvalue weighted by atomic mass is 35.5. The SMILES string of the molecule is CC1COc2nc(C(=O)N3CCOCC3)c(Cc3ccc(F)cc3)cc2N1C(=O)CCl. The van der Waals surface area contributed by atoms with Crippen molar-refractivity contribution in [3.8, 4) is 5.88 Å². The second-order valence-corrected chi connectivity index (χ2v) is 7.85. The van der Waals surface area contributed by atoms with Crippen LogP contribution in [0.25, 0.3) is 0 Å². The van der Waals surface area contributed by atoms with Gasteiger partial charge in [-0.15, -0.1) is 11.6 Å². The molecule has 0 spiro atoms. The first-order valence-electron chi connectivity index (χ1n) is 10.1. The molecule has 1 aromatic heterocycles. The summed E-state index contributed by atoms with van der Waals surface area (Å²) in [6.45, 7) is 4.00. The van der Waals surface area contributed by atoms with E-state index in [0.717, 1.165) is 5.56 Å². The van der Waals surface area contributed by atoms with E-state index in [-0.39, 0.29) is 47.7 Å². The average molecular weight is 448 g/mol. The molecule has 1 aromatic carbocycles. The van der Waals surface area contributed by atoms with Gasteiger partial charge in [0.2, 0.25) is 11.8 Å². The normalized spacial score (nSPS) is 18.4. The van der Waals surface area contributed by atoms with Gasteiger partial charge in [-0.3, -0.25) is 9.59 Å². The number of nitrogens with zero attached hydrogens (tertiary/aromatic N) is 3. The molecule has 0 N–H and O–H groups in total. The number of hydrogen-bond donors (Lipinski definition) is 0. The van der Waals surface area contributed by atoms with Gasteiger partial charge in [0.15, 0.2) is 0 Å². The van der Waals surface area contributed by atoms with Crippen LogP contribution in [0.5, 0.6) is 5.88 Å². The molecule has 9 heteroatoms. The van der Waals surface area contributed by atoms with E-state index < -0.39 is 0 Å². The van der Waals surface area contributed by atoms with Crippen molar-refractivity contribution in [2.24, 2.45) is 0 Å². The van der Waals surface area contributed by atoms with Gasteiger partial charge in [0.25, 0.3) is 5.91 Å². The molecule has 2 aliphatic rings. The van der Waals surface area contributed by atoms with E-state index in [0.29, 0.717) is 44.0 Å². The van der Waals surface area contributed by atoms with Crippen molar-refractivity contribution in [3.05, 3.63) is 53.0 Å². The van der Waals surface area contributed by atoms with Gasteiger partial charge in [-0.2, -0.15) is 0 Å². The van der Waals surface area contributed by atoms with E-state index >= 15 is 0 Å². The number of pyridine rings is 1. The Labute approximate surface area is 184 Å². The molecule has 7 nitrogen and oxygen atoms in total. The summed E-state index contributed by atoms with van der Waals surface area (Å²) >= 11 is 5.82. The summed E-state index contributed by atoms with van der Waals surface area (Å²) in [5.41, 5.74) is 2.20. The Bertz CT molecular complexity index is 979. The fourth-order valence-electron chi connectivity index (χ4n) is 3.82. The zero-order valence-electron chi connectivity index (χ0n) is 17.1. The van der Waals surface area contributed by atoms with Crippen molar-refractivity contribution >= 4 is 29.1 Å². The highest BCUT2D eigenvalue weighted by Crippen LogP contribution is 2.35. The van der Waals surface area contributed by atoms with Crippen molar-refractivity contribution < 1.29 is 23.5 Å². The lowest BCUT2D eigenvalue weighted by Gasteiger charge is -2.35. The topological polar surface area (TPSA) is 72.0 Å². The van der Waals surface area contributed by atoms with Crippen molar-refractivity contribution in [3.63, 3.8) is 0 Å². The predicted molar refractivity (Wildman–Crippen MR) is 113 cm³/mol. The number of carbonyl (C=O) groups excluding carboxylic acids is 2. The molecule has 2 aromatic rings. The van der Waals surface area contributed by atoms with E-state index in [9.17, 15) is 14.0 Å². The molecule has 0 radical (unpaired) electrons. The zero-order valence-corrected chi connectivity index (χ0v) is 17.9. The average Bonchev–Trinajstić information content (AvgIpc) is 2.80. The number of morpholine rings is 1. The minimum absolute atomic E-state index is 0.175. The van der Waals surface area contributed by atoms with Gasteiger partial charge in [0.1, 0.15) is 29.7 Å². The van der Waals surface area contributed by atoms with Crippen molar-refractivity contribution in [2.45, 2.75) is 19.4 Å². The third kappa shape index (κ3) is 4.50. The van der Waals surface area contributed by atoms with Crippen molar-refractivity contribution in [1.82, 2.24) is 9.88 Å². The third-order valence-corrected chi connectivity index (χ3v) is 5.63. The maximum atomic E-state index is 13.4. The predicted octanol–water partition coefficient (Wildman–Crippen LogP) is 2.64. The van der Waals surface area contributed by atoms with E-state index in [1.165, 1.54) is 12.1 Å². The fraction of sp³-hybridized carbons (Fsp3) is 0.409. The lowest BCUT2D eigenvalue weighted by atomic mass is 10.0. The number of halogens is 2. The van der Waals surface area contributed by atoms with Crippen LogP contribution in [0.3, 0.4) is 0 Å². The number of fused-ring (bicyclic) bond motifs is 1. The summed E-state index contributed by atoms with van der Waals surface area (Å²) in [5, 5.41) is 0. The van der Waals surface area contributed by atoms with Crippen molar-refractivity contribution in [2.75, 3.05) is 43.7 Å². The van der Waals surface area contributed by atoms with E-state index in [1.807, 2.05) is 6.92 Å². The summed E-state index contributed by atoms with van der Waals surface area (Å²) in [5.74, 6) is -0.763. The maximum absolute atomic E-state index is 13.4. The van der Waals surface area contributed by atoms with Crippen LogP contribution in [-0.2, 0) is 16.0 Å². The van der Waals surface area contributed by atoms with Crippen LogP contribution in [0, 0.1) is 5.82 Å². The number of amides is 2.